The molecule has 12 heteroatoms. The van der Waals surface area contributed by atoms with Crippen molar-refractivity contribution in [2.75, 3.05) is 43.5 Å². The van der Waals surface area contributed by atoms with Gasteiger partial charge in [-0.15, -0.1) is 11.3 Å². The van der Waals surface area contributed by atoms with E-state index in [1.54, 1.807) is 23.6 Å². The van der Waals surface area contributed by atoms with Gasteiger partial charge in [0.25, 0.3) is 10.0 Å². The molecule has 1 atom stereocenters. The van der Waals surface area contributed by atoms with Crippen molar-refractivity contribution >= 4 is 43.8 Å². The summed E-state index contributed by atoms with van der Waals surface area (Å²) in [6.45, 7) is 2.76. The number of hydrogen-bond acceptors (Lipinski definition) is 8. The molecule has 1 aromatic heterocycles. The third-order valence-electron chi connectivity index (χ3n) is 8.57. The first kappa shape index (κ1) is 27.6. The van der Waals surface area contributed by atoms with Crippen molar-refractivity contribution in [1.29, 1.82) is 0 Å². The van der Waals surface area contributed by atoms with Crippen molar-refractivity contribution in [2.24, 2.45) is 5.41 Å². The molecule has 8 nitrogen and oxygen atoms in total. The van der Waals surface area contributed by atoms with Crippen LogP contribution in [0.5, 0.6) is 11.5 Å². The van der Waals surface area contributed by atoms with E-state index in [9.17, 15) is 8.42 Å². The van der Waals surface area contributed by atoms with Crippen LogP contribution in [-0.2, 0) is 16.6 Å². The molecule has 1 N–H and O–H groups in total. The van der Waals surface area contributed by atoms with Crippen LogP contribution in [0.15, 0.2) is 46.8 Å². The lowest BCUT2D eigenvalue weighted by atomic mass is 9.88. The minimum atomic E-state index is -4.39. The third kappa shape index (κ3) is 4.91. The summed E-state index contributed by atoms with van der Waals surface area (Å²) in [7, 11) is -1.36. The summed E-state index contributed by atoms with van der Waals surface area (Å²) in [4.78, 5) is 6.28. The van der Waals surface area contributed by atoms with Crippen LogP contribution in [0.2, 0.25) is 5.02 Å². The molecule has 1 saturated carbocycles. The molecule has 3 heterocycles. The lowest BCUT2D eigenvalue weighted by Crippen LogP contribution is -2.44. The highest BCUT2D eigenvalue weighted by Crippen LogP contribution is 2.60. The van der Waals surface area contributed by atoms with Crippen molar-refractivity contribution in [3.63, 3.8) is 0 Å². The third-order valence-corrected chi connectivity index (χ3v) is 11.5. The van der Waals surface area contributed by atoms with Gasteiger partial charge in [0.05, 0.1) is 31.5 Å². The highest BCUT2D eigenvalue weighted by Gasteiger charge is 2.59. The van der Waals surface area contributed by atoms with Crippen LogP contribution < -0.4 is 19.1 Å². The number of rotatable bonds is 10. The number of thiazole rings is 1. The lowest BCUT2D eigenvalue weighted by molar-refractivity contribution is 0.209. The Labute approximate surface area is 243 Å². The number of nitrogens with zero attached hydrogens (tertiary/aromatic N) is 3. The molecule has 1 spiro atoms. The Kier molecular flexibility index (Phi) is 7.13. The molecule has 3 aromatic rings. The molecule has 3 aliphatic rings. The number of nitrogens with one attached hydrogen (secondary N) is 1. The second kappa shape index (κ2) is 10.3. The molecule has 1 aliphatic carbocycles. The Morgan fingerprint density at radius 3 is 2.73 bits per heavy atom. The predicted octanol–water partition coefficient (Wildman–Crippen LogP) is 5.78. The molecule has 2 aromatic carbocycles. The predicted molar refractivity (Wildman–Crippen MR) is 155 cm³/mol. The van der Waals surface area contributed by atoms with E-state index >= 15 is 4.39 Å². The maximum atomic E-state index is 15.6. The average Bonchev–Trinajstić information content (AvgIpc) is 3.23. The summed E-state index contributed by atoms with van der Waals surface area (Å²) in [6.07, 6.45) is 7.48. The zero-order chi connectivity index (χ0) is 28.1. The fourth-order valence-corrected chi connectivity index (χ4v) is 8.98. The molecule has 0 unspecified atom stereocenters. The summed E-state index contributed by atoms with van der Waals surface area (Å²) in [5, 5.41) is 5.38. The van der Waals surface area contributed by atoms with E-state index in [0.29, 0.717) is 34.7 Å². The minimum absolute atomic E-state index is 0.0557. The van der Waals surface area contributed by atoms with Gasteiger partial charge in [0.2, 0.25) is 0 Å². The monoisotopic (exact) mass is 606 g/mol. The first-order valence-corrected chi connectivity index (χ1v) is 16.0. The van der Waals surface area contributed by atoms with E-state index in [-0.39, 0.29) is 22.2 Å². The smallest absolute Gasteiger partial charge is 0.269 e. The first-order valence-electron chi connectivity index (χ1n) is 13.3. The van der Waals surface area contributed by atoms with Crippen LogP contribution in [-0.4, -0.2) is 57.7 Å². The van der Waals surface area contributed by atoms with Gasteiger partial charge in [-0.3, -0.25) is 4.90 Å². The molecule has 40 heavy (non-hydrogen) atoms. The van der Waals surface area contributed by atoms with E-state index in [0.717, 1.165) is 48.0 Å². The van der Waals surface area contributed by atoms with Crippen molar-refractivity contribution in [2.45, 2.75) is 49.1 Å². The van der Waals surface area contributed by atoms with Crippen molar-refractivity contribution in [3.05, 3.63) is 58.3 Å². The maximum absolute atomic E-state index is 15.6. The normalized spacial score (nSPS) is 21.4. The number of sulfonamides is 1. The van der Waals surface area contributed by atoms with Gasteiger partial charge in [-0.1, -0.05) is 11.6 Å². The zero-order valence-electron chi connectivity index (χ0n) is 22.5. The van der Waals surface area contributed by atoms with Crippen LogP contribution in [0.1, 0.15) is 37.7 Å². The van der Waals surface area contributed by atoms with Crippen LogP contribution in [0.4, 0.5) is 15.2 Å². The van der Waals surface area contributed by atoms with Gasteiger partial charge in [-0.25, -0.2) is 22.1 Å². The fourth-order valence-electron chi connectivity index (χ4n) is 6.35. The van der Waals surface area contributed by atoms with Gasteiger partial charge in [0, 0.05) is 41.8 Å². The Hall–Kier alpha value is -2.60. The largest absolute Gasteiger partial charge is 0.497 e. The number of ether oxygens (including phenoxy) is 2. The molecule has 6 rings (SSSR count). The van der Waals surface area contributed by atoms with Crippen molar-refractivity contribution < 1.29 is 22.3 Å². The van der Waals surface area contributed by atoms with Gasteiger partial charge in [-0.2, -0.15) is 0 Å². The molecule has 214 valence electrons. The van der Waals surface area contributed by atoms with E-state index < -0.39 is 20.7 Å². The summed E-state index contributed by atoms with van der Waals surface area (Å²) in [6, 6.07) is 7.48. The second-order valence-corrected chi connectivity index (χ2v) is 14.2. The van der Waals surface area contributed by atoms with E-state index in [4.69, 9.17) is 21.1 Å². The summed E-state index contributed by atoms with van der Waals surface area (Å²) >= 11 is 7.74. The summed E-state index contributed by atoms with van der Waals surface area (Å²) in [5.74, 6) is 0.130. The van der Waals surface area contributed by atoms with Crippen LogP contribution in [0, 0.1) is 11.2 Å². The Bertz CT molecular complexity index is 1520. The second-order valence-electron chi connectivity index (χ2n) is 11.0. The summed E-state index contributed by atoms with van der Waals surface area (Å²) in [5.41, 5.74) is 1.48. The first-order chi connectivity index (χ1) is 19.2. The molecule has 0 radical (unpaired) electrons. The van der Waals surface area contributed by atoms with Gasteiger partial charge in [-0.05, 0) is 68.3 Å². The zero-order valence-corrected chi connectivity index (χ0v) is 24.8. The quantitative estimate of drug-likeness (QED) is 0.313. The van der Waals surface area contributed by atoms with Crippen LogP contribution in [0.25, 0.3) is 0 Å². The Balaban J connectivity index is 1.28. The van der Waals surface area contributed by atoms with Crippen molar-refractivity contribution in [1.82, 2.24) is 9.88 Å². The van der Waals surface area contributed by atoms with E-state index in [1.165, 1.54) is 45.4 Å². The number of anilines is 2. The van der Waals surface area contributed by atoms with Crippen molar-refractivity contribution in [3.8, 4) is 11.5 Å². The molecule has 3 fully saturated rings. The number of fused-ring (bicyclic) bond motifs is 1. The number of aromatic nitrogens is 1. The topological polar surface area (TPSA) is 84.0 Å². The highest BCUT2D eigenvalue weighted by atomic mass is 35.5. The Morgan fingerprint density at radius 1 is 1.20 bits per heavy atom. The van der Waals surface area contributed by atoms with Gasteiger partial charge >= 0.3 is 0 Å². The van der Waals surface area contributed by atoms with Crippen LogP contribution >= 0.6 is 22.9 Å². The number of hydrogen-bond donors (Lipinski definition) is 1. The Morgan fingerprint density at radius 2 is 2.02 bits per heavy atom. The molecular formula is C28H32ClFN4O4S2. The van der Waals surface area contributed by atoms with Crippen LogP contribution in [0.3, 0.4) is 0 Å². The number of methoxy groups -OCH3 is 2. The lowest BCUT2D eigenvalue weighted by Gasteiger charge is -2.33. The number of benzene rings is 2. The van der Waals surface area contributed by atoms with Gasteiger partial charge in [0.1, 0.15) is 22.2 Å². The molecule has 2 saturated heterocycles. The van der Waals surface area contributed by atoms with E-state index in [2.05, 4.69) is 15.2 Å². The molecule has 2 aliphatic heterocycles. The SMILES string of the molecule is COc1ccc(CN(c2nccs2)S(=O)(=O)c2cc(Cl)c(NC[C@@]34CCCN3CC3(CC3)C4)cc2F)c(OC)c1. The maximum Gasteiger partial charge on any atom is 0.269 e. The molecule has 0 amide bonds. The van der Waals surface area contributed by atoms with E-state index in [1.807, 2.05) is 0 Å². The van der Waals surface area contributed by atoms with Gasteiger partial charge < -0.3 is 14.8 Å². The fraction of sp³-hybridized carbons (Fsp3) is 0.464. The average molecular weight is 607 g/mol. The standard InChI is InChI=1S/C28H32ClFN4O4S2/c1-37-20-5-4-19(24(12-20)38-2)15-34(26-31-9-11-39-26)40(35,36)25-13-21(29)23(14-22(25)30)32-17-28-6-3-10-33(28)18-27(16-28)7-8-27/h4-5,9,11-14,32H,3,6-8,10,15-18H2,1-2H3/t28-/m0/s1. The highest BCUT2D eigenvalue weighted by molar-refractivity contribution is 7.93. The summed E-state index contributed by atoms with van der Waals surface area (Å²) < 4.78 is 55.3. The minimum Gasteiger partial charge on any atom is -0.497 e. The number of halogens is 2. The van der Waals surface area contributed by atoms with Gasteiger partial charge in [0.15, 0.2) is 5.13 Å². The molecule has 0 bridgehead atoms. The molecular weight excluding hydrogens is 575 g/mol.